The summed E-state index contributed by atoms with van der Waals surface area (Å²) in [5, 5.41) is 8.46. The maximum atomic E-state index is 11.6. The number of hydrogen-bond donors (Lipinski definition) is 3. The molecule has 2 aromatic rings. The van der Waals surface area contributed by atoms with Crippen molar-refractivity contribution in [2.24, 2.45) is 0 Å². The van der Waals surface area contributed by atoms with Gasteiger partial charge >= 0.3 is 11.9 Å². The Morgan fingerprint density at radius 3 is 2.88 bits per heavy atom. The van der Waals surface area contributed by atoms with E-state index in [4.69, 9.17) is 20.3 Å². The van der Waals surface area contributed by atoms with Crippen LogP contribution in [0.5, 0.6) is 0 Å². The van der Waals surface area contributed by atoms with E-state index in [1.165, 1.54) is 10.9 Å². The fourth-order valence-electron chi connectivity index (χ4n) is 1.90. The fourth-order valence-corrected chi connectivity index (χ4v) is 1.90. The molecule has 0 saturated carbocycles. The molecule has 0 amide bonds. The summed E-state index contributed by atoms with van der Waals surface area (Å²) in [5.41, 5.74) is 5.48. The van der Waals surface area contributed by atoms with Gasteiger partial charge in [-0.15, -0.1) is 0 Å². The van der Waals surface area contributed by atoms with Crippen LogP contribution >= 0.6 is 0 Å². The molecule has 0 unspecified atom stereocenters. The molecular formula is C13H17N5O6. The molecule has 2 aromatic heterocycles. The van der Waals surface area contributed by atoms with Crippen LogP contribution < -0.4 is 11.3 Å². The van der Waals surface area contributed by atoms with E-state index in [1.807, 2.05) is 0 Å². The zero-order valence-electron chi connectivity index (χ0n) is 12.7. The SMILES string of the molecule is Nc1nc2c(ncn2COCCOC(=O)CCCC(=O)O)c(=O)[nH]1. The third kappa shape index (κ3) is 4.78. The third-order valence-corrected chi connectivity index (χ3v) is 2.99. The summed E-state index contributed by atoms with van der Waals surface area (Å²) in [6, 6.07) is 0. The summed E-state index contributed by atoms with van der Waals surface area (Å²) in [5.74, 6) is -1.45. The molecule has 0 aliphatic rings. The van der Waals surface area contributed by atoms with Crippen molar-refractivity contribution < 1.29 is 24.2 Å². The van der Waals surface area contributed by atoms with E-state index in [2.05, 4.69) is 15.0 Å². The predicted molar refractivity (Wildman–Crippen MR) is 81.0 cm³/mol. The van der Waals surface area contributed by atoms with Crippen molar-refractivity contribution in [3.8, 4) is 0 Å². The maximum Gasteiger partial charge on any atom is 0.305 e. The summed E-state index contributed by atoms with van der Waals surface area (Å²) in [7, 11) is 0. The van der Waals surface area contributed by atoms with Crippen LogP contribution in [0.1, 0.15) is 19.3 Å². The van der Waals surface area contributed by atoms with Crippen molar-refractivity contribution in [2.75, 3.05) is 18.9 Å². The molecular weight excluding hydrogens is 322 g/mol. The van der Waals surface area contributed by atoms with Gasteiger partial charge in [-0.2, -0.15) is 4.98 Å². The Morgan fingerprint density at radius 1 is 1.33 bits per heavy atom. The van der Waals surface area contributed by atoms with Crippen LogP contribution in [-0.2, 0) is 25.8 Å². The number of H-pyrrole nitrogens is 1. The zero-order valence-corrected chi connectivity index (χ0v) is 12.7. The van der Waals surface area contributed by atoms with Gasteiger partial charge in [-0.25, -0.2) is 4.98 Å². The van der Waals surface area contributed by atoms with Gasteiger partial charge in [0.2, 0.25) is 5.95 Å². The minimum Gasteiger partial charge on any atom is -0.481 e. The summed E-state index contributed by atoms with van der Waals surface area (Å²) in [6.07, 6.45) is 1.60. The van der Waals surface area contributed by atoms with Gasteiger partial charge in [0, 0.05) is 12.8 Å². The number of carbonyl (C=O) groups is 2. The number of carboxylic acids is 1. The van der Waals surface area contributed by atoms with Crippen molar-refractivity contribution in [2.45, 2.75) is 26.0 Å². The molecule has 0 spiro atoms. The highest BCUT2D eigenvalue weighted by atomic mass is 16.6. The van der Waals surface area contributed by atoms with E-state index in [0.29, 0.717) is 5.65 Å². The monoisotopic (exact) mass is 339 g/mol. The van der Waals surface area contributed by atoms with E-state index in [-0.39, 0.29) is 50.7 Å². The number of rotatable bonds is 9. The lowest BCUT2D eigenvalue weighted by Gasteiger charge is -2.07. The number of nitrogen functional groups attached to an aromatic ring is 1. The molecule has 0 radical (unpaired) electrons. The topological polar surface area (TPSA) is 162 Å². The lowest BCUT2D eigenvalue weighted by Crippen LogP contribution is -2.14. The average Bonchev–Trinajstić information content (AvgIpc) is 2.90. The van der Waals surface area contributed by atoms with Crippen LogP contribution in [-0.4, -0.2) is 49.8 Å². The van der Waals surface area contributed by atoms with E-state index in [0.717, 1.165) is 0 Å². The van der Waals surface area contributed by atoms with Crippen molar-refractivity contribution in [3.63, 3.8) is 0 Å². The Labute approximate surface area is 135 Å². The number of esters is 1. The first-order chi connectivity index (χ1) is 11.5. The lowest BCUT2D eigenvalue weighted by atomic mass is 10.2. The smallest absolute Gasteiger partial charge is 0.305 e. The molecule has 2 heterocycles. The molecule has 4 N–H and O–H groups in total. The second-order valence-corrected chi connectivity index (χ2v) is 4.84. The fraction of sp³-hybridized carbons (Fsp3) is 0.462. The number of ether oxygens (including phenoxy) is 2. The molecule has 0 atom stereocenters. The largest absolute Gasteiger partial charge is 0.481 e. The van der Waals surface area contributed by atoms with Crippen molar-refractivity contribution >= 4 is 29.1 Å². The van der Waals surface area contributed by atoms with Gasteiger partial charge in [0.15, 0.2) is 11.2 Å². The molecule has 0 aliphatic heterocycles. The van der Waals surface area contributed by atoms with Crippen LogP contribution in [0.4, 0.5) is 5.95 Å². The van der Waals surface area contributed by atoms with E-state index in [9.17, 15) is 14.4 Å². The van der Waals surface area contributed by atoms with Gasteiger partial charge in [0.1, 0.15) is 13.3 Å². The molecule has 0 aromatic carbocycles. The number of fused-ring (bicyclic) bond motifs is 1. The number of carbonyl (C=O) groups excluding carboxylic acids is 1. The summed E-state index contributed by atoms with van der Waals surface area (Å²) in [4.78, 5) is 43.5. The number of aromatic amines is 1. The predicted octanol–water partition coefficient (Wildman–Crippen LogP) is -0.526. The highest BCUT2D eigenvalue weighted by Gasteiger charge is 2.09. The van der Waals surface area contributed by atoms with Crippen molar-refractivity contribution in [1.29, 1.82) is 0 Å². The Bertz CT molecular complexity index is 783. The van der Waals surface area contributed by atoms with Gasteiger partial charge < -0.3 is 20.3 Å². The number of nitrogens with one attached hydrogen (secondary N) is 1. The van der Waals surface area contributed by atoms with Crippen molar-refractivity contribution in [1.82, 2.24) is 19.5 Å². The highest BCUT2D eigenvalue weighted by molar-refractivity contribution is 5.71. The van der Waals surface area contributed by atoms with E-state index in [1.54, 1.807) is 0 Å². The molecule has 24 heavy (non-hydrogen) atoms. The summed E-state index contributed by atoms with van der Waals surface area (Å²) in [6.45, 7) is 0.223. The Hall–Kier alpha value is -2.95. The van der Waals surface area contributed by atoms with Gasteiger partial charge in [-0.1, -0.05) is 0 Å². The lowest BCUT2D eigenvalue weighted by molar-refractivity contribution is -0.146. The second-order valence-electron chi connectivity index (χ2n) is 4.84. The number of imidazole rings is 1. The molecule has 0 bridgehead atoms. The number of carboxylic acid groups (broad SMARTS) is 1. The Balaban J connectivity index is 1.72. The summed E-state index contributed by atoms with van der Waals surface area (Å²) >= 11 is 0. The average molecular weight is 339 g/mol. The second kappa shape index (κ2) is 8.06. The van der Waals surface area contributed by atoms with E-state index >= 15 is 0 Å². The number of aromatic nitrogens is 4. The number of aliphatic carboxylic acids is 1. The maximum absolute atomic E-state index is 11.6. The third-order valence-electron chi connectivity index (χ3n) is 2.99. The number of hydrogen-bond acceptors (Lipinski definition) is 8. The van der Waals surface area contributed by atoms with Gasteiger partial charge in [-0.3, -0.25) is 23.9 Å². The molecule has 11 heteroatoms. The minimum absolute atomic E-state index is 0.0236. The quantitative estimate of drug-likeness (QED) is 0.402. The Morgan fingerprint density at radius 2 is 2.12 bits per heavy atom. The van der Waals surface area contributed by atoms with Gasteiger partial charge in [0.25, 0.3) is 5.56 Å². The van der Waals surface area contributed by atoms with Crippen molar-refractivity contribution in [3.05, 3.63) is 16.7 Å². The molecule has 0 fully saturated rings. The molecule has 0 aliphatic carbocycles. The van der Waals surface area contributed by atoms with Crippen LogP contribution in [0, 0.1) is 0 Å². The summed E-state index contributed by atoms with van der Waals surface area (Å²) < 4.78 is 11.7. The standard InChI is InChI=1S/C13H17N5O6/c14-13-16-11-10(12(22)17-13)15-6-18(11)7-23-4-5-24-9(21)3-1-2-8(19)20/h6H,1-5,7H2,(H,19,20)(H3,14,16,17,22). The number of nitrogens with two attached hydrogens (primary N) is 1. The zero-order chi connectivity index (χ0) is 17.5. The van der Waals surface area contributed by atoms with Crippen LogP contribution in [0.3, 0.4) is 0 Å². The van der Waals surface area contributed by atoms with E-state index < -0.39 is 17.5 Å². The van der Waals surface area contributed by atoms with Crippen LogP contribution in [0.2, 0.25) is 0 Å². The van der Waals surface area contributed by atoms with Crippen LogP contribution in [0.15, 0.2) is 11.1 Å². The molecule has 0 saturated heterocycles. The molecule has 130 valence electrons. The number of nitrogens with zero attached hydrogens (tertiary/aromatic N) is 3. The highest BCUT2D eigenvalue weighted by Crippen LogP contribution is 2.06. The first kappa shape index (κ1) is 17.4. The number of anilines is 1. The minimum atomic E-state index is -0.952. The van der Waals surface area contributed by atoms with Gasteiger partial charge in [0.05, 0.1) is 12.9 Å². The Kier molecular flexibility index (Phi) is 5.84. The first-order valence-corrected chi connectivity index (χ1v) is 7.13. The molecule has 2 rings (SSSR count). The van der Waals surface area contributed by atoms with Crippen LogP contribution in [0.25, 0.3) is 11.2 Å². The van der Waals surface area contributed by atoms with Gasteiger partial charge in [-0.05, 0) is 6.42 Å². The first-order valence-electron chi connectivity index (χ1n) is 7.13. The normalized spacial score (nSPS) is 10.8. The molecule has 11 nitrogen and oxygen atoms in total.